The summed E-state index contributed by atoms with van der Waals surface area (Å²) >= 11 is 5.73. The number of nitrogens with zero attached hydrogens (tertiary/aromatic N) is 4. The van der Waals surface area contributed by atoms with Crippen molar-refractivity contribution in [2.24, 2.45) is 0 Å². The minimum absolute atomic E-state index is 0.354. The minimum Gasteiger partial charge on any atom is -0.334 e. The Hall–Kier alpha value is -2.71. The number of hydrogen-bond acceptors (Lipinski definition) is 5. The standard InChI is InChI=1S/C14H7ClN4O/c15-12-5-4-11(8-17-12)13-18-14(20-19-13)10-3-1-2-9(6-10)7-16/h1-6,8H. The lowest BCUT2D eigenvalue weighted by atomic mass is 10.1. The molecule has 0 spiro atoms. The lowest BCUT2D eigenvalue weighted by molar-refractivity contribution is 0.432. The smallest absolute Gasteiger partial charge is 0.258 e. The summed E-state index contributed by atoms with van der Waals surface area (Å²) in [6.07, 6.45) is 1.57. The molecular weight excluding hydrogens is 276 g/mol. The van der Waals surface area contributed by atoms with Crippen LogP contribution in [0, 0.1) is 11.3 Å². The van der Waals surface area contributed by atoms with E-state index >= 15 is 0 Å². The average Bonchev–Trinajstić information content (AvgIpc) is 2.98. The number of nitriles is 1. The number of rotatable bonds is 2. The first-order valence-corrected chi connectivity index (χ1v) is 6.10. The van der Waals surface area contributed by atoms with Crippen molar-refractivity contribution in [2.75, 3.05) is 0 Å². The molecule has 2 heterocycles. The van der Waals surface area contributed by atoms with Gasteiger partial charge in [0.25, 0.3) is 5.89 Å². The third kappa shape index (κ3) is 2.37. The molecule has 0 saturated carbocycles. The van der Waals surface area contributed by atoms with Crippen LogP contribution in [0.3, 0.4) is 0 Å². The number of benzene rings is 1. The highest BCUT2D eigenvalue weighted by molar-refractivity contribution is 6.29. The van der Waals surface area contributed by atoms with Gasteiger partial charge < -0.3 is 4.52 Å². The molecule has 3 aromatic rings. The van der Waals surface area contributed by atoms with Gasteiger partial charge in [-0.15, -0.1) is 0 Å². The maximum absolute atomic E-state index is 8.88. The van der Waals surface area contributed by atoms with Gasteiger partial charge >= 0.3 is 0 Å². The molecule has 0 atom stereocenters. The topological polar surface area (TPSA) is 75.6 Å². The normalized spacial score (nSPS) is 10.2. The van der Waals surface area contributed by atoms with Crippen molar-refractivity contribution in [3.05, 3.63) is 53.3 Å². The fourth-order valence-corrected chi connectivity index (χ4v) is 1.80. The van der Waals surface area contributed by atoms with Crippen LogP contribution >= 0.6 is 11.6 Å². The number of aromatic nitrogens is 3. The second-order valence-corrected chi connectivity index (χ2v) is 4.37. The zero-order valence-electron chi connectivity index (χ0n) is 10.1. The first kappa shape index (κ1) is 12.3. The van der Waals surface area contributed by atoms with Gasteiger partial charge in [0.15, 0.2) is 0 Å². The van der Waals surface area contributed by atoms with Gasteiger partial charge in [-0.05, 0) is 30.3 Å². The molecule has 2 aromatic heterocycles. The van der Waals surface area contributed by atoms with Crippen molar-refractivity contribution in [3.8, 4) is 28.9 Å². The average molecular weight is 283 g/mol. The molecule has 0 aliphatic rings. The maximum atomic E-state index is 8.88. The highest BCUT2D eigenvalue weighted by atomic mass is 35.5. The van der Waals surface area contributed by atoms with Gasteiger partial charge in [0.1, 0.15) is 5.15 Å². The molecule has 0 saturated heterocycles. The molecule has 6 heteroatoms. The Kier molecular flexibility index (Phi) is 3.15. The Morgan fingerprint density at radius 1 is 1.15 bits per heavy atom. The molecule has 0 aliphatic heterocycles. The lowest BCUT2D eigenvalue weighted by Gasteiger charge is -1.94. The van der Waals surface area contributed by atoms with Gasteiger partial charge in [-0.2, -0.15) is 10.2 Å². The Morgan fingerprint density at radius 3 is 2.80 bits per heavy atom. The van der Waals surface area contributed by atoms with E-state index in [1.807, 2.05) is 0 Å². The molecule has 3 rings (SSSR count). The second-order valence-electron chi connectivity index (χ2n) is 3.99. The molecule has 1 aromatic carbocycles. The van der Waals surface area contributed by atoms with E-state index in [0.717, 1.165) is 0 Å². The molecule has 0 aliphatic carbocycles. The summed E-state index contributed by atoms with van der Waals surface area (Å²) in [6, 6.07) is 12.5. The fourth-order valence-electron chi connectivity index (χ4n) is 1.69. The minimum atomic E-state index is 0.354. The third-order valence-electron chi connectivity index (χ3n) is 2.65. The summed E-state index contributed by atoms with van der Waals surface area (Å²) in [7, 11) is 0. The van der Waals surface area contributed by atoms with E-state index in [4.69, 9.17) is 21.4 Å². The molecule has 0 radical (unpaired) electrons. The van der Waals surface area contributed by atoms with Crippen LogP contribution in [-0.4, -0.2) is 15.1 Å². The van der Waals surface area contributed by atoms with Crippen molar-refractivity contribution in [3.63, 3.8) is 0 Å². The zero-order chi connectivity index (χ0) is 13.9. The van der Waals surface area contributed by atoms with Crippen LogP contribution in [0.5, 0.6) is 0 Å². The lowest BCUT2D eigenvalue weighted by Crippen LogP contribution is -1.83. The SMILES string of the molecule is N#Cc1cccc(-c2nc(-c3ccc(Cl)nc3)no2)c1. The van der Waals surface area contributed by atoms with Gasteiger partial charge in [0, 0.05) is 17.3 Å². The van der Waals surface area contributed by atoms with Crippen molar-refractivity contribution < 1.29 is 4.52 Å². The Labute approximate surface area is 119 Å². The van der Waals surface area contributed by atoms with Crippen molar-refractivity contribution in [1.82, 2.24) is 15.1 Å². The summed E-state index contributed by atoms with van der Waals surface area (Å²) < 4.78 is 5.20. The van der Waals surface area contributed by atoms with E-state index in [1.54, 1.807) is 42.6 Å². The van der Waals surface area contributed by atoms with Crippen LogP contribution in [-0.2, 0) is 0 Å². The Bertz CT molecular complexity index is 789. The van der Waals surface area contributed by atoms with Gasteiger partial charge in [0.05, 0.1) is 11.6 Å². The van der Waals surface area contributed by atoms with Crippen LogP contribution in [0.25, 0.3) is 22.8 Å². The van der Waals surface area contributed by atoms with E-state index in [1.165, 1.54) is 0 Å². The van der Waals surface area contributed by atoms with Gasteiger partial charge in [-0.1, -0.05) is 22.8 Å². The van der Waals surface area contributed by atoms with Crippen LogP contribution in [0.4, 0.5) is 0 Å². The first-order valence-electron chi connectivity index (χ1n) is 5.72. The highest BCUT2D eigenvalue weighted by Gasteiger charge is 2.11. The van der Waals surface area contributed by atoms with Crippen molar-refractivity contribution in [2.45, 2.75) is 0 Å². The predicted octanol–water partition coefficient (Wildman–Crippen LogP) is 3.32. The van der Waals surface area contributed by atoms with Gasteiger partial charge in [0.2, 0.25) is 5.82 Å². The van der Waals surface area contributed by atoms with E-state index in [0.29, 0.717) is 33.6 Å². The molecular formula is C14H7ClN4O. The molecule has 0 N–H and O–H groups in total. The summed E-state index contributed by atoms with van der Waals surface area (Å²) in [5.74, 6) is 0.776. The van der Waals surface area contributed by atoms with Crippen LogP contribution < -0.4 is 0 Å². The van der Waals surface area contributed by atoms with E-state index < -0.39 is 0 Å². The van der Waals surface area contributed by atoms with Crippen molar-refractivity contribution >= 4 is 11.6 Å². The number of pyridine rings is 1. The van der Waals surface area contributed by atoms with E-state index in [9.17, 15) is 0 Å². The first-order chi connectivity index (χ1) is 9.76. The molecule has 0 amide bonds. The maximum Gasteiger partial charge on any atom is 0.258 e. The summed E-state index contributed by atoms with van der Waals surface area (Å²) in [4.78, 5) is 8.25. The zero-order valence-corrected chi connectivity index (χ0v) is 10.9. The third-order valence-corrected chi connectivity index (χ3v) is 2.87. The largest absolute Gasteiger partial charge is 0.334 e. The molecule has 0 bridgehead atoms. The second kappa shape index (κ2) is 5.11. The number of hydrogen-bond donors (Lipinski definition) is 0. The van der Waals surface area contributed by atoms with Crippen molar-refractivity contribution in [1.29, 1.82) is 5.26 Å². The van der Waals surface area contributed by atoms with Crippen LogP contribution in [0.2, 0.25) is 5.15 Å². The molecule has 0 unspecified atom stereocenters. The summed E-state index contributed by atoms with van der Waals surface area (Å²) in [5, 5.41) is 13.2. The van der Waals surface area contributed by atoms with E-state index in [2.05, 4.69) is 21.2 Å². The quantitative estimate of drug-likeness (QED) is 0.674. The molecule has 5 nitrogen and oxygen atoms in total. The fraction of sp³-hybridized carbons (Fsp3) is 0. The number of halogens is 1. The van der Waals surface area contributed by atoms with Crippen LogP contribution in [0.1, 0.15) is 5.56 Å². The van der Waals surface area contributed by atoms with Crippen LogP contribution in [0.15, 0.2) is 47.1 Å². The molecule has 96 valence electrons. The van der Waals surface area contributed by atoms with E-state index in [-0.39, 0.29) is 0 Å². The molecule has 0 fully saturated rings. The Balaban J connectivity index is 1.97. The Morgan fingerprint density at radius 2 is 2.05 bits per heavy atom. The monoisotopic (exact) mass is 282 g/mol. The van der Waals surface area contributed by atoms with Gasteiger partial charge in [-0.25, -0.2) is 4.98 Å². The molecule has 20 heavy (non-hydrogen) atoms. The summed E-state index contributed by atoms with van der Waals surface area (Å²) in [5.41, 5.74) is 1.95. The van der Waals surface area contributed by atoms with Gasteiger partial charge in [-0.3, -0.25) is 0 Å². The highest BCUT2D eigenvalue weighted by Crippen LogP contribution is 2.22. The summed E-state index contributed by atoms with van der Waals surface area (Å²) in [6.45, 7) is 0. The predicted molar refractivity (Wildman–Crippen MR) is 72.7 cm³/mol.